The van der Waals surface area contributed by atoms with Gasteiger partial charge in [0, 0.05) is 10.9 Å². The number of rotatable bonds is 5. The minimum Gasteiger partial charge on any atom is -0.497 e. The number of ether oxygens (including phenoxy) is 1. The van der Waals surface area contributed by atoms with Crippen LogP contribution in [0.3, 0.4) is 0 Å². The van der Waals surface area contributed by atoms with Crippen LogP contribution in [0.2, 0.25) is 0 Å². The molecular weight excluding hydrogens is 270 g/mol. The van der Waals surface area contributed by atoms with Crippen molar-refractivity contribution in [3.8, 4) is 5.75 Å². The van der Waals surface area contributed by atoms with E-state index < -0.39 is 0 Å². The highest BCUT2D eigenvalue weighted by atomic mass is 32.2. The highest BCUT2D eigenvalue weighted by Crippen LogP contribution is 2.24. The molecule has 110 valence electrons. The van der Waals surface area contributed by atoms with E-state index in [0.717, 1.165) is 29.4 Å². The fraction of sp³-hybridized carbons (Fsp3) is 0.562. The van der Waals surface area contributed by atoms with Crippen molar-refractivity contribution in [1.82, 2.24) is 5.32 Å². The highest BCUT2D eigenvalue weighted by molar-refractivity contribution is 8.00. The second kappa shape index (κ2) is 7.58. The summed E-state index contributed by atoms with van der Waals surface area (Å²) in [4.78, 5) is 13.0. The molecule has 20 heavy (non-hydrogen) atoms. The second-order valence-electron chi connectivity index (χ2n) is 5.49. The number of amides is 1. The minimum atomic E-state index is 0.144. The molecule has 1 aliphatic rings. The molecule has 0 unspecified atom stereocenters. The summed E-state index contributed by atoms with van der Waals surface area (Å²) in [5.74, 6) is 2.29. The average Bonchev–Trinajstić information content (AvgIpc) is 2.48. The lowest BCUT2D eigenvalue weighted by Gasteiger charge is -2.26. The van der Waals surface area contributed by atoms with Crippen molar-refractivity contribution in [1.29, 1.82) is 0 Å². The fourth-order valence-electron chi connectivity index (χ4n) is 2.49. The number of nitrogens with one attached hydrogen (secondary N) is 1. The SMILES string of the molecule is COc1ccc(SCC(=O)NC2CCC(C)CC2)cc1. The molecule has 0 aromatic heterocycles. The summed E-state index contributed by atoms with van der Waals surface area (Å²) in [6, 6.07) is 8.19. The summed E-state index contributed by atoms with van der Waals surface area (Å²) < 4.78 is 5.12. The van der Waals surface area contributed by atoms with E-state index in [4.69, 9.17) is 4.74 Å². The van der Waals surface area contributed by atoms with Gasteiger partial charge in [0.2, 0.25) is 5.91 Å². The van der Waals surface area contributed by atoms with Gasteiger partial charge in [0.15, 0.2) is 0 Å². The molecule has 1 aromatic rings. The van der Waals surface area contributed by atoms with Crippen molar-refractivity contribution >= 4 is 17.7 Å². The van der Waals surface area contributed by atoms with Gasteiger partial charge in [-0.15, -0.1) is 11.8 Å². The van der Waals surface area contributed by atoms with Crippen LogP contribution in [0, 0.1) is 5.92 Å². The van der Waals surface area contributed by atoms with Crippen LogP contribution in [0.25, 0.3) is 0 Å². The Balaban J connectivity index is 1.71. The van der Waals surface area contributed by atoms with Crippen LogP contribution < -0.4 is 10.1 Å². The largest absolute Gasteiger partial charge is 0.497 e. The van der Waals surface area contributed by atoms with Gasteiger partial charge in [0.1, 0.15) is 5.75 Å². The Kier molecular flexibility index (Phi) is 5.77. The topological polar surface area (TPSA) is 38.3 Å². The van der Waals surface area contributed by atoms with E-state index >= 15 is 0 Å². The first-order chi connectivity index (χ1) is 9.67. The van der Waals surface area contributed by atoms with Crippen molar-refractivity contribution in [2.24, 2.45) is 5.92 Å². The van der Waals surface area contributed by atoms with Crippen LogP contribution in [0.15, 0.2) is 29.2 Å². The Morgan fingerprint density at radius 3 is 2.50 bits per heavy atom. The number of benzene rings is 1. The normalized spacial score (nSPS) is 22.3. The Labute approximate surface area is 125 Å². The van der Waals surface area contributed by atoms with Crippen molar-refractivity contribution in [3.05, 3.63) is 24.3 Å². The molecule has 0 spiro atoms. The lowest BCUT2D eigenvalue weighted by atomic mass is 9.87. The van der Waals surface area contributed by atoms with Gasteiger partial charge < -0.3 is 10.1 Å². The van der Waals surface area contributed by atoms with Crippen molar-refractivity contribution < 1.29 is 9.53 Å². The lowest BCUT2D eigenvalue weighted by molar-refractivity contribution is -0.119. The maximum absolute atomic E-state index is 11.9. The molecule has 0 saturated heterocycles. The molecule has 3 nitrogen and oxygen atoms in total. The third-order valence-corrected chi connectivity index (χ3v) is 4.82. The second-order valence-corrected chi connectivity index (χ2v) is 6.54. The highest BCUT2D eigenvalue weighted by Gasteiger charge is 2.19. The van der Waals surface area contributed by atoms with E-state index in [1.54, 1.807) is 18.9 Å². The number of carbonyl (C=O) groups is 1. The van der Waals surface area contributed by atoms with Crippen molar-refractivity contribution in [3.63, 3.8) is 0 Å². The Morgan fingerprint density at radius 1 is 1.25 bits per heavy atom. The summed E-state index contributed by atoms with van der Waals surface area (Å²) in [5, 5.41) is 3.15. The molecule has 0 aliphatic heterocycles. The number of hydrogen-bond donors (Lipinski definition) is 1. The number of carbonyl (C=O) groups excluding carboxylic acids is 1. The van der Waals surface area contributed by atoms with Crippen LogP contribution in [0.5, 0.6) is 5.75 Å². The number of methoxy groups -OCH3 is 1. The number of thioether (sulfide) groups is 1. The molecule has 1 amide bonds. The van der Waals surface area contributed by atoms with Crippen molar-refractivity contribution in [2.45, 2.75) is 43.5 Å². The first-order valence-electron chi connectivity index (χ1n) is 7.23. The average molecular weight is 293 g/mol. The minimum absolute atomic E-state index is 0.144. The maximum atomic E-state index is 11.9. The standard InChI is InChI=1S/C16H23NO2S/c1-12-3-5-13(6-4-12)17-16(18)11-20-15-9-7-14(19-2)8-10-15/h7-10,12-13H,3-6,11H2,1-2H3,(H,17,18). The van der Waals surface area contributed by atoms with Gasteiger partial charge in [0.05, 0.1) is 12.9 Å². The van der Waals surface area contributed by atoms with Gasteiger partial charge >= 0.3 is 0 Å². The van der Waals surface area contributed by atoms with E-state index in [9.17, 15) is 4.79 Å². The Morgan fingerprint density at radius 2 is 1.90 bits per heavy atom. The van der Waals surface area contributed by atoms with Gasteiger partial charge in [0.25, 0.3) is 0 Å². The van der Waals surface area contributed by atoms with Gasteiger partial charge in [-0.25, -0.2) is 0 Å². The number of hydrogen-bond acceptors (Lipinski definition) is 3. The molecule has 0 bridgehead atoms. The predicted molar refractivity (Wildman–Crippen MR) is 83.3 cm³/mol. The molecule has 4 heteroatoms. The van der Waals surface area contributed by atoms with Gasteiger partial charge in [-0.05, 0) is 55.9 Å². The van der Waals surface area contributed by atoms with Gasteiger partial charge in [-0.3, -0.25) is 4.79 Å². The van der Waals surface area contributed by atoms with Gasteiger partial charge in [-0.1, -0.05) is 6.92 Å². The summed E-state index contributed by atoms with van der Waals surface area (Å²) in [7, 11) is 1.65. The third-order valence-electron chi connectivity index (χ3n) is 3.81. The molecule has 1 aromatic carbocycles. The Hall–Kier alpha value is -1.16. The van der Waals surface area contributed by atoms with E-state index in [2.05, 4.69) is 12.2 Å². The zero-order valence-electron chi connectivity index (χ0n) is 12.2. The smallest absolute Gasteiger partial charge is 0.230 e. The zero-order valence-corrected chi connectivity index (χ0v) is 13.0. The summed E-state index contributed by atoms with van der Waals surface area (Å²) in [6.45, 7) is 2.29. The molecule has 0 atom stereocenters. The van der Waals surface area contributed by atoms with E-state index in [-0.39, 0.29) is 5.91 Å². The van der Waals surface area contributed by atoms with E-state index in [0.29, 0.717) is 11.8 Å². The van der Waals surface area contributed by atoms with Crippen molar-refractivity contribution in [2.75, 3.05) is 12.9 Å². The molecule has 0 heterocycles. The van der Waals surface area contributed by atoms with Gasteiger partial charge in [-0.2, -0.15) is 0 Å². The first-order valence-corrected chi connectivity index (χ1v) is 8.22. The molecular formula is C16H23NO2S. The molecule has 1 fully saturated rings. The van der Waals surface area contributed by atoms with Crippen LogP contribution in [0.1, 0.15) is 32.6 Å². The van der Waals surface area contributed by atoms with E-state index in [1.807, 2.05) is 24.3 Å². The summed E-state index contributed by atoms with van der Waals surface area (Å²) >= 11 is 1.57. The molecule has 1 aliphatic carbocycles. The monoisotopic (exact) mass is 293 g/mol. The molecule has 1 N–H and O–H groups in total. The molecule has 1 saturated carbocycles. The third kappa shape index (κ3) is 4.75. The van der Waals surface area contributed by atoms with Crippen LogP contribution in [0.4, 0.5) is 0 Å². The Bertz CT molecular complexity index is 425. The molecule has 0 radical (unpaired) electrons. The summed E-state index contributed by atoms with van der Waals surface area (Å²) in [6.07, 6.45) is 4.72. The predicted octanol–water partition coefficient (Wildman–Crippen LogP) is 3.48. The quantitative estimate of drug-likeness (QED) is 0.845. The first kappa shape index (κ1) is 15.2. The zero-order chi connectivity index (χ0) is 14.4. The fourth-order valence-corrected chi connectivity index (χ4v) is 3.20. The van der Waals surface area contributed by atoms with E-state index in [1.165, 1.54) is 12.8 Å². The van der Waals surface area contributed by atoms with Crippen LogP contribution >= 0.6 is 11.8 Å². The molecule has 2 rings (SSSR count). The summed E-state index contributed by atoms with van der Waals surface area (Å²) in [5.41, 5.74) is 0. The van der Waals surface area contributed by atoms with Crippen LogP contribution in [-0.4, -0.2) is 24.8 Å². The maximum Gasteiger partial charge on any atom is 0.230 e. The van der Waals surface area contributed by atoms with Crippen LogP contribution in [-0.2, 0) is 4.79 Å². The lowest BCUT2D eigenvalue weighted by Crippen LogP contribution is -2.38.